The van der Waals surface area contributed by atoms with Gasteiger partial charge in [0, 0.05) is 24.8 Å². The number of rotatable bonds is 7. The van der Waals surface area contributed by atoms with Gasteiger partial charge in [0.05, 0.1) is 12.1 Å². The fourth-order valence-corrected chi connectivity index (χ4v) is 1.96. The van der Waals surface area contributed by atoms with Crippen molar-refractivity contribution in [3.63, 3.8) is 0 Å². The normalized spacial score (nSPS) is 10.8. The van der Waals surface area contributed by atoms with E-state index in [0.29, 0.717) is 5.69 Å². The van der Waals surface area contributed by atoms with Crippen LogP contribution in [0.15, 0.2) is 10.9 Å². The van der Waals surface area contributed by atoms with Crippen molar-refractivity contribution in [1.29, 1.82) is 0 Å². The number of aromatic nitrogens is 1. The lowest BCUT2D eigenvalue weighted by Crippen LogP contribution is -2.27. The molecule has 1 rings (SSSR count). The third-order valence-corrected chi connectivity index (χ3v) is 3.02. The van der Waals surface area contributed by atoms with Crippen LogP contribution < -0.4 is 5.43 Å². The highest BCUT2D eigenvalue weighted by Gasteiger charge is 2.17. The minimum atomic E-state index is -1.10. The van der Waals surface area contributed by atoms with Gasteiger partial charge >= 0.3 is 11.9 Å². The number of nitrogens with zero attached hydrogens (tertiary/aromatic N) is 2. The number of pyridine rings is 1. The maximum absolute atomic E-state index is 11.6. The van der Waals surface area contributed by atoms with Gasteiger partial charge in [-0.25, -0.2) is 0 Å². The molecule has 0 saturated carbocycles. The van der Waals surface area contributed by atoms with Gasteiger partial charge in [-0.3, -0.25) is 19.3 Å². The number of aromatic hydroxyl groups is 1. The Balaban J connectivity index is 3.10. The molecule has 0 radical (unpaired) electrons. The first-order valence-electron chi connectivity index (χ1n) is 6.26. The first kappa shape index (κ1) is 16.7. The van der Waals surface area contributed by atoms with Crippen molar-refractivity contribution in [2.75, 3.05) is 13.6 Å². The summed E-state index contributed by atoms with van der Waals surface area (Å²) in [4.78, 5) is 34.7. The first-order valence-corrected chi connectivity index (χ1v) is 6.26. The van der Waals surface area contributed by atoms with Crippen LogP contribution in [0.3, 0.4) is 0 Å². The van der Waals surface area contributed by atoms with Gasteiger partial charge in [0.15, 0.2) is 5.75 Å². The molecule has 1 heterocycles. The standard InChI is InChI=1S/C13H18N2O6/c1-8-5-10(16)13(21)9(15(8)7-12(19)20)6-14(2)4-3-11(17)18/h5,21H,3-4,6-7H2,1-2H3,(H,17,18)(H,19,20). The summed E-state index contributed by atoms with van der Waals surface area (Å²) in [5.74, 6) is -2.57. The molecule has 0 fully saturated rings. The van der Waals surface area contributed by atoms with E-state index in [2.05, 4.69) is 0 Å². The maximum Gasteiger partial charge on any atom is 0.323 e. The molecule has 3 N–H and O–H groups in total. The van der Waals surface area contributed by atoms with Gasteiger partial charge in [0.2, 0.25) is 5.43 Å². The number of carboxylic acids is 2. The zero-order valence-electron chi connectivity index (χ0n) is 11.9. The fourth-order valence-electron chi connectivity index (χ4n) is 1.96. The summed E-state index contributed by atoms with van der Waals surface area (Å²) in [6, 6.07) is 1.17. The molecule has 0 bridgehead atoms. The molecule has 0 saturated heterocycles. The molecule has 0 aliphatic carbocycles. The monoisotopic (exact) mass is 298 g/mol. The van der Waals surface area contributed by atoms with Crippen molar-refractivity contribution >= 4 is 11.9 Å². The zero-order valence-corrected chi connectivity index (χ0v) is 11.9. The second-order valence-electron chi connectivity index (χ2n) is 4.81. The molecule has 1 aromatic heterocycles. The number of carboxylic acid groups (broad SMARTS) is 2. The van der Waals surface area contributed by atoms with Gasteiger partial charge in [0.25, 0.3) is 0 Å². The van der Waals surface area contributed by atoms with E-state index in [1.165, 1.54) is 10.6 Å². The Morgan fingerprint density at radius 3 is 2.43 bits per heavy atom. The summed E-state index contributed by atoms with van der Waals surface area (Å²) < 4.78 is 1.33. The highest BCUT2D eigenvalue weighted by Crippen LogP contribution is 2.16. The summed E-state index contributed by atoms with van der Waals surface area (Å²) >= 11 is 0. The summed E-state index contributed by atoms with van der Waals surface area (Å²) in [7, 11) is 1.63. The number of aryl methyl sites for hydroxylation is 1. The molecule has 0 aromatic carbocycles. The molecule has 0 atom stereocenters. The minimum Gasteiger partial charge on any atom is -0.503 e. The van der Waals surface area contributed by atoms with Crippen molar-refractivity contribution in [3.8, 4) is 5.75 Å². The zero-order chi connectivity index (χ0) is 16.2. The van der Waals surface area contributed by atoms with Gasteiger partial charge in [-0.1, -0.05) is 0 Å². The van der Waals surface area contributed by atoms with E-state index in [0.717, 1.165) is 0 Å². The Kier molecular flexibility index (Phi) is 5.48. The van der Waals surface area contributed by atoms with E-state index in [-0.39, 0.29) is 31.7 Å². The third kappa shape index (κ3) is 4.60. The summed E-state index contributed by atoms with van der Waals surface area (Å²) in [6.45, 7) is 1.47. The third-order valence-electron chi connectivity index (χ3n) is 3.02. The van der Waals surface area contributed by atoms with Gasteiger partial charge < -0.3 is 19.9 Å². The first-order chi connectivity index (χ1) is 9.72. The average molecular weight is 298 g/mol. The quantitative estimate of drug-likeness (QED) is 0.640. The van der Waals surface area contributed by atoms with E-state index in [1.807, 2.05) is 0 Å². The van der Waals surface area contributed by atoms with Crippen LogP contribution in [-0.2, 0) is 22.7 Å². The Morgan fingerprint density at radius 2 is 1.90 bits per heavy atom. The molecule has 0 aliphatic heterocycles. The molecule has 0 amide bonds. The SMILES string of the molecule is Cc1cc(=O)c(O)c(CN(C)CCC(=O)O)n1CC(=O)O. The molecule has 0 aliphatic rings. The topological polar surface area (TPSA) is 120 Å². The van der Waals surface area contributed by atoms with Crippen LogP contribution in [0.5, 0.6) is 5.75 Å². The lowest BCUT2D eigenvalue weighted by molar-refractivity contribution is -0.138. The van der Waals surface area contributed by atoms with Crippen LogP contribution in [0.1, 0.15) is 17.8 Å². The molecule has 1 aromatic rings. The number of aliphatic carboxylic acids is 2. The lowest BCUT2D eigenvalue weighted by atomic mass is 10.2. The molecule has 8 nitrogen and oxygen atoms in total. The Hall–Kier alpha value is -2.35. The van der Waals surface area contributed by atoms with Crippen LogP contribution in [-0.4, -0.2) is 50.3 Å². The maximum atomic E-state index is 11.6. The Bertz CT molecular complexity index is 607. The highest BCUT2D eigenvalue weighted by atomic mass is 16.4. The molecule has 21 heavy (non-hydrogen) atoms. The predicted octanol–water partition coefficient (Wildman–Crippen LogP) is -0.147. The van der Waals surface area contributed by atoms with Crippen molar-refractivity contribution in [2.24, 2.45) is 0 Å². The van der Waals surface area contributed by atoms with Crippen molar-refractivity contribution in [2.45, 2.75) is 26.4 Å². The number of hydrogen-bond acceptors (Lipinski definition) is 5. The second kappa shape index (κ2) is 6.89. The Morgan fingerprint density at radius 1 is 1.29 bits per heavy atom. The smallest absolute Gasteiger partial charge is 0.323 e. The van der Waals surface area contributed by atoms with Crippen molar-refractivity contribution in [3.05, 3.63) is 27.7 Å². The van der Waals surface area contributed by atoms with E-state index >= 15 is 0 Å². The largest absolute Gasteiger partial charge is 0.503 e. The Labute approximate surface area is 120 Å². The number of hydrogen-bond donors (Lipinski definition) is 3. The van der Waals surface area contributed by atoms with E-state index in [1.54, 1.807) is 18.9 Å². The average Bonchev–Trinajstić information content (AvgIpc) is 2.37. The van der Waals surface area contributed by atoms with Gasteiger partial charge in [-0.2, -0.15) is 0 Å². The summed E-state index contributed by atoms with van der Waals surface area (Å²) in [5.41, 5.74) is -0.00658. The molecular weight excluding hydrogens is 280 g/mol. The van der Waals surface area contributed by atoms with Gasteiger partial charge in [-0.05, 0) is 14.0 Å². The fraction of sp³-hybridized carbons (Fsp3) is 0.462. The van der Waals surface area contributed by atoms with E-state index in [9.17, 15) is 19.5 Å². The molecule has 0 unspecified atom stereocenters. The summed E-state index contributed by atoms with van der Waals surface area (Å²) in [6.07, 6.45) is -0.0910. The van der Waals surface area contributed by atoms with Crippen LogP contribution in [0.2, 0.25) is 0 Å². The highest BCUT2D eigenvalue weighted by molar-refractivity contribution is 5.67. The van der Waals surface area contributed by atoms with Gasteiger partial charge in [0.1, 0.15) is 6.54 Å². The van der Waals surface area contributed by atoms with Crippen LogP contribution in [0.4, 0.5) is 0 Å². The van der Waals surface area contributed by atoms with E-state index in [4.69, 9.17) is 10.2 Å². The van der Waals surface area contributed by atoms with Gasteiger partial charge in [-0.15, -0.1) is 0 Å². The molecule has 116 valence electrons. The molecule has 8 heteroatoms. The molecular formula is C13H18N2O6. The number of carbonyl (C=O) groups is 2. The van der Waals surface area contributed by atoms with Crippen molar-refractivity contribution < 1.29 is 24.9 Å². The van der Waals surface area contributed by atoms with Crippen LogP contribution in [0, 0.1) is 6.92 Å². The lowest BCUT2D eigenvalue weighted by Gasteiger charge is -2.21. The van der Waals surface area contributed by atoms with Crippen LogP contribution >= 0.6 is 0 Å². The predicted molar refractivity (Wildman–Crippen MR) is 73.3 cm³/mol. The second-order valence-corrected chi connectivity index (χ2v) is 4.81. The van der Waals surface area contributed by atoms with Crippen LogP contribution in [0.25, 0.3) is 0 Å². The van der Waals surface area contributed by atoms with E-state index < -0.39 is 23.1 Å². The van der Waals surface area contributed by atoms with Crippen molar-refractivity contribution in [1.82, 2.24) is 9.47 Å². The summed E-state index contributed by atoms with van der Waals surface area (Å²) in [5, 5.41) is 27.4. The molecule has 0 spiro atoms. The minimum absolute atomic E-state index is 0.0727.